The van der Waals surface area contributed by atoms with Gasteiger partial charge in [0.25, 0.3) is 0 Å². The SMILES string of the molecule is CCn1nccc1C(C)NC(=O)Cn1nc([N+](=O)[O-])c(Cl)c1C. The fraction of sp³-hybridized carbons (Fsp3) is 0.462. The molecule has 0 saturated carbocycles. The molecule has 0 radical (unpaired) electrons. The molecule has 1 N–H and O–H groups in total. The van der Waals surface area contributed by atoms with Crippen molar-refractivity contribution in [1.82, 2.24) is 24.9 Å². The minimum absolute atomic E-state index is 0.0556. The molecule has 0 bridgehead atoms. The van der Waals surface area contributed by atoms with E-state index >= 15 is 0 Å². The summed E-state index contributed by atoms with van der Waals surface area (Å²) in [5.74, 6) is -0.771. The van der Waals surface area contributed by atoms with Gasteiger partial charge in [-0.05, 0) is 31.8 Å². The van der Waals surface area contributed by atoms with Crippen LogP contribution in [0.15, 0.2) is 12.3 Å². The van der Waals surface area contributed by atoms with Crippen molar-refractivity contribution < 1.29 is 9.72 Å². The van der Waals surface area contributed by atoms with Gasteiger partial charge in [-0.25, -0.2) is 0 Å². The molecule has 10 heteroatoms. The second-order valence-electron chi connectivity index (χ2n) is 5.00. The standard InChI is InChI=1S/C13H17ClN6O3/c1-4-18-10(5-6-15-18)8(2)16-11(21)7-19-9(3)12(14)13(17-19)20(22)23/h5-6,8H,4,7H2,1-3H3,(H,16,21). The number of carbonyl (C=O) groups is 1. The first-order chi connectivity index (χ1) is 10.8. The van der Waals surface area contributed by atoms with Gasteiger partial charge in [-0.15, -0.1) is 0 Å². The second kappa shape index (κ2) is 6.78. The monoisotopic (exact) mass is 340 g/mol. The third-order valence-electron chi connectivity index (χ3n) is 3.45. The fourth-order valence-corrected chi connectivity index (χ4v) is 2.46. The molecule has 2 aromatic rings. The third-order valence-corrected chi connectivity index (χ3v) is 3.90. The molecule has 1 atom stereocenters. The Balaban J connectivity index is 2.08. The van der Waals surface area contributed by atoms with Crippen LogP contribution in [-0.4, -0.2) is 30.4 Å². The van der Waals surface area contributed by atoms with E-state index in [1.165, 1.54) is 4.68 Å². The summed E-state index contributed by atoms with van der Waals surface area (Å²) in [6, 6.07) is 1.58. The minimum atomic E-state index is -0.674. The Hall–Kier alpha value is -2.42. The second-order valence-corrected chi connectivity index (χ2v) is 5.38. The number of aryl methyl sites for hydroxylation is 1. The summed E-state index contributed by atoms with van der Waals surface area (Å²) in [5.41, 5.74) is 1.25. The van der Waals surface area contributed by atoms with Crippen molar-refractivity contribution in [1.29, 1.82) is 0 Å². The van der Waals surface area contributed by atoms with E-state index in [9.17, 15) is 14.9 Å². The van der Waals surface area contributed by atoms with Gasteiger partial charge in [0, 0.05) is 12.7 Å². The molecule has 9 nitrogen and oxygen atoms in total. The predicted octanol–water partition coefficient (Wildman–Crippen LogP) is 1.85. The van der Waals surface area contributed by atoms with Crippen LogP contribution in [0.2, 0.25) is 5.02 Å². The van der Waals surface area contributed by atoms with Gasteiger partial charge in [0.1, 0.15) is 6.54 Å². The molecule has 0 aromatic carbocycles. The number of hydrogen-bond acceptors (Lipinski definition) is 5. The van der Waals surface area contributed by atoms with Crippen LogP contribution < -0.4 is 5.32 Å². The van der Waals surface area contributed by atoms with Crippen molar-refractivity contribution >= 4 is 23.3 Å². The number of amides is 1. The summed E-state index contributed by atoms with van der Waals surface area (Å²) in [7, 11) is 0. The summed E-state index contributed by atoms with van der Waals surface area (Å²) >= 11 is 5.85. The number of nitro groups is 1. The number of aromatic nitrogens is 4. The maximum absolute atomic E-state index is 12.1. The Kier molecular flexibility index (Phi) is 4.99. The lowest BCUT2D eigenvalue weighted by atomic mass is 10.2. The Morgan fingerprint density at radius 3 is 2.78 bits per heavy atom. The van der Waals surface area contributed by atoms with Crippen molar-refractivity contribution in [3.8, 4) is 0 Å². The quantitative estimate of drug-likeness (QED) is 0.637. The van der Waals surface area contributed by atoms with Crippen LogP contribution in [0.1, 0.15) is 31.3 Å². The van der Waals surface area contributed by atoms with Crippen LogP contribution in [0.5, 0.6) is 0 Å². The van der Waals surface area contributed by atoms with Gasteiger partial charge < -0.3 is 15.4 Å². The van der Waals surface area contributed by atoms with Gasteiger partial charge in [0.2, 0.25) is 5.91 Å². The van der Waals surface area contributed by atoms with Gasteiger partial charge in [-0.3, -0.25) is 9.48 Å². The van der Waals surface area contributed by atoms with Crippen LogP contribution in [0.25, 0.3) is 0 Å². The average Bonchev–Trinajstić information content (AvgIpc) is 3.07. The van der Waals surface area contributed by atoms with Crippen molar-refractivity contribution in [2.24, 2.45) is 0 Å². The maximum atomic E-state index is 12.1. The normalized spacial score (nSPS) is 12.2. The molecule has 0 aliphatic rings. The molecule has 0 saturated heterocycles. The van der Waals surface area contributed by atoms with Gasteiger partial charge in [-0.2, -0.15) is 9.78 Å². The summed E-state index contributed by atoms with van der Waals surface area (Å²) in [6.07, 6.45) is 1.67. The average molecular weight is 341 g/mol. The van der Waals surface area contributed by atoms with E-state index in [4.69, 9.17) is 11.6 Å². The van der Waals surface area contributed by atoms with Crippen LogP contribution in [-0.2, 0) is 17.9 Å². The summed E-state index contributed by atoms with van der Waals surface area (Å²) in [5, 5.41) is 21.5. The summed E-state index contributed by atoms with van der Waals surface area (Å²) < 4.78 is 3.01. The smallest absolute Gasteiger partial charge is 0.358 e. The highest BCUT2D eigenvalue weighted by Crippen LogP contribution is 2.26. The molecule has 0 aliphatic heterocycles. The number of halogens is 1. The van der Waals surface area contributed by atoms with E-state index in [0.717, 1.165) is 5.69 Å². The van der Waals surface area contributed by atoms with Gasteiger partial charge >= 0.3 is 5.82 Å². The third kappa shape index (κ3) is 3.50. The molecule has 2 aromatic heterocycles. The zero-order valence-corrected chi connectivity index (χ0v) is 13.7. The molecule has 0 spiro atoms. The van der Waals surface area contributed by atoms with Crippen LogP contribution in [0.4, 0.5) is 5.82 Å². The number of hydrogen-bond donors (Lipinski definition) is 1. The van der Waals surface area contributed by atoms with Gasteiger partial charge in [0.15, 0.2) is 5.02 Å². The van der Waals surface area contributed by atoms with Gasteiger partial charge in [-0.1, -0.05) is 11.6 Å². The molecular formula is C13H17ClN6O3. The lowest BCUT2D eigenvalue weighted by Gasteiger charge is -2.15. The molecule has 1 amide bonds. The van der Waals surface area contributed by atoms with Crippen LogP contribution in [0.3, 0.4) is 0 Å². The first-order valence-electron chi connectivity index (χ1n) is 7.03. The zero-order chi connectivity index (χ0) is 17.1. The van der Waals surface area contributed by atoms with Crippen molar-refractivity contribution in [3.05, 3.63) is 38.8 Å². The Bertz CT molecular complexity index is 738. The highest BCUT2D eigenvalue weighted by molar-refractivity contribution is 6.33. The molecule has 2 rings (SSSR count). The summed E-state index contributed by atoms with van der Waals surface area (Å²) in [6.45, 7) is 5.92. The van der Waals surface area contributed by atoms with Crippen molar-refractivity contribution in [2.45, 2.75) is 39.9 Å². The molecule has 124 valence electrons. The number of rotatable bonds is 6. The number of carbonyl (C=O) groups excluding carboxylic acids is 1. The van der Waals surface area contributed by atoms with Crippen molar-refractivity contribution in [2.75, 3.05) is 0 Å². The van der Waals surface area contributed by atoms with Crippen molar-refractivity contribution in [3.63, 3.8) is 0 Å². The minimum Gasteiger partial charge on any atom is -0.358 e. The topological polar surface area (TPSA) is 108 Å². The first-order valence-corrected chi connectivity index (χ1v) is 7.41. The van der Waals surface area contributed by atoms with Crippen LogP contribution in [0, 0.1) is 17.0 Å². The maximum Gasteiger partial charge on any atom is 0.408 e. The lowest BCUT2D eigenvalue weighted by molar-refractivity contribution is -0.389. The van der Waals surface area contributed by atoms with Crippen LogP contribution >= 0.6 is 11.6 Å². The van der Waals surface area contributed by atoms with E-state index in [1.54, 1.807) is 17.8 Å². The number of nitrogens with one attached hydrogen (secondary N) is 1. The largest absolute Gasteiger partial charge is 0.408 e. The van der Waals surface area contributed by atoms with E-state index in [-0.39, 0.29) is 23.5 Å². The molecule has 1 unspecified atom stereocenters. The van der Waals surface area contributed by atoms with E-state index in [0.29, 0.717) is 12.2 Å². The zero-order valence-electron chi connectivity index (χ0n) is 13.0. The molecule has 2 heterocycles. The molecule has 0 aliphatic carbocycles. The molecular weight excluding hydrogens is 324 g/mol. The first kappa shape index (κ1) is 16.9. The molecule has 0 fully saturated rings. The van der Waals surface area contributed by atoms with E-state index < -0.39 is 10.7 Å². The molecule has 23 heavy (non-hydrogen) atoms. The van der Waals surface area contributed by atoms with Gasteiger partial charge in [0.05, 0.1) is 22.5 Å². The highest BCUT2D eigenvalue weighted by atomic mass is 35.5. The van der Waals surface area contributed by atoms with E-state index in [1.807, 2.05) is 19.9 Å². The van der Waals surface area contributed by atoms with E-state index in [2.05, 4.69) is 15.5 Å². The Morgan fingerprint density at radius 1 is 1.52 bits per heavy atom. The predicted molar refractivity (Wildman–Crippen MR) is 83.1 cm³/mol. The summed E-state index contributed by atoms with van der Waals surface area (Å²) in [4.78, 5) is 22.3. The lowest BCUT2D eigenvalue weighted by Crippen LogP contribution is -2.31. The number of nitrogens with zero attached hydrogens (tertiary/aromatic N) is 5. The fourth-order valence-electron chi connectivity index (χ4n) is 2.25. The Morgan fingerprint density at radius 2 is 2.22 bits per heavy atom. The highest BCUT2D eigenvalue weighted by Gasteiger charge is 2.25. The Labute approximate surface area is 137 Å².